The quantitative estimate of drug-likeness (QED) is 0.767. The number of hydrogen-bond acceptors (Lipinski definition) is 2. The normalized spacial score (nSPS) is 16.6. The van der Waals surface area contributed by atoms with Crippen LogP contribution in [0.15, 0.2) is 66.7 Å². The van der Waals surface area contributed by atoms with Gasteiger partial charge >= 0.3 is 0 Å². The minimum atomic E-state index is -0.243. The summed E-state index contributed by atoms with van der Waals surface area (Å²) in [5.41, 5.74) is 2.26. The Balaban J connectivity index is 1.45. The fourth-order valence-corrected chi connectivity index (χ4v) is 3.50. The molecule has 0 saturated carbocycles. The number of carbonyl (C=O) groups is 2. The second-order valence-corrected chi connectivity index (χ2v) is 6.87. The molecule has 2 aromatic rings. The Morgan fingerprint density at radius 2 is 1.74 bits per heavy atom. The number of nitrogens with one attached hydrogen (secondary N) is 1. The highest BCUT2D eigenvalue weighted by Crippen LogP contribution is 2.21. The van der Waals surface area contributed by atoms with E-state index in [1.54, 1.807) is 6.08 Å². The number of benzene rings is 2. The minimum Gasteiger partial charge on any atom is -0.343 e. The maximum absolute atomic E-state index is 12.5. The number of rotatable bonds is 7. The molecule has 2 aromatic carbocycles. The molecule has 3 rings (SSSR count). The van der Waals surface area contributed by atoms with Crippen LogP contribution in [0, 0.1) is 0 Å². The van der Waals surface area contributed by atoms with E-state index in [4.69, 9.17) is 0 Å². The van der Waals surface area contributed by atoms with Gasteiger partial charge in [-0.25, -0.2) is 0 Å². The van der Waals surface area contributed by atoms with Crippen LogP contribution in [0.25, 0.3) is 6.08 Å². The van der Waals surface area contributed by atoms with Crippen molar-refractivity contribution >= 4 is 17.9 Å². The Labute approximate surface area is 160 Å². The van der Waals surface area contributed by atoms with E-state index in [1.807, 2.05) is 53.4 Å². The van der Waals surface area contributed by atoms with E-state index in [-0.39, 0.29) is 24.4 Å². The monoisotopic (exact) mass is 362 g/mol. The molecule has 1 unspecified atom stereocenters. The van der Waals surface area contributed by atoms with Crippen molar-refractivity contribution in [2.75, 3.05) is 13.1 Å². The van der Waals surface area contributed by atoms with Crippen molar-refractivity contribution in [1.29, 1.82) is 0 Å². The van der Waals surface area contributed by atoms with Crippen molar-refractivity contribution in [2.24, 2.45) is 0 Å². The highest BCUT2D eigenvalue weighted by atomic mass is 16.2. The molecule has 1 aliphatic heterocycles. The molecule has 0 radical (unpaired) electrons. The maximum atomic E-state index is 12.5. The van der Waals surface area contributed by atoms with Gasteiger partial charge < -0.3 is 10.2 Å². The van der Waals surface area contributed by atoms with Crippen LogP contribution in [0.1, 0.15) is 30.4 Å². The third-order valence-electron chi connectivity index (χ3n) is 4.95. The molecule has 27 heavy (non-hydrogen) atoms. The molecule has 0 aromatic heterocycles. The molecule has 0 spiro atoms. The van der Waals surface area contributed by atoms with Crippen molar-refractivity contribution in [3.8, 4) is 0 Å². The maximum Gasteiger partial charge on any atom is 0.244 e. The molecule has 4 heteroatoms. The molecule has 4 nitrogen and oxygen atoms in total. The number of amides is 2. The molecule has 0 aliphatic carbocycles. The topological polar surface area (TPSA) is 49.4 Å². The lowest BCUT2D eigenvalue weighted by molar-refractivity contribution is -0.132. The van der Waals surface area contributed by atoms with E-state index >= 15 is 0 Å². The minimum absolute atomic E-state index is 0.00650. The second-order valence-electron chi connectivity index (χ2n) is 6.87. The Hall–Kier alpha value is -2.88. The van der Waals surface area contributed by atoms with Crippen molar-refractivity contribution < 1.29 is 9.59 Å². The van der Waals surface area contributed by atoms with Gasteiger partial charge in [-0.15, -0.1) is 0 Å². The van der Waals surface area contributed by atoms with Gasteiger partial charge in [0, 0.05) is 18.7 Å². The standard InChI is InChI=1S/C23H26N2O2/c26-22(16-14-20-10-5-2-6-11-20)24-18-23(27)25-17-7-12-21(25)15-13-19-8-3-1-4-9-19/h1-6,8-11,14,16,21H,7,12-13,15,17-18H2,(H,24,26)/b16-14+. The number of likely N-dealkylation sites (tertiary alicyclic amines) is 1. The molecule has 2 amide bonds. The summed E-state index contributed by atoms with van der Waals surface area (Å²) in [5.74, 6) is -0.237. The van der Waals surface area contributed by atoms with Crippen molar-refractivity contribution in [3.05, 3.63) is 77.9 Å². The lowest BCUT2D eigenvalue weighted by Gasteiger charge is -2.25. The summed E-state index contributed by atoms with van der Waals surface area (Å²) in [5, 5.41) is 2.71. The highest BCUT2D eigenvalue weighted by molar-refractivity contribution is 5.94. The molecule has 1 aliphatic rings. The average molecular weight is 362 g/mol. The van der Waals surface area contributed by atoms with E-state index in [2.05, 4.69) is 17.4 Å². The molecular formula is C23H26N2O2. The Kier molecular flexibility index (Phi) is 6.80. The van der Waals surface area contributed by atoms with Gasteiger partial charge in [-0.3, -0.25) is 9.59 Å². The summed E-state index contributed by atoms with van der Waals surface area (Å²) in [4.78, 5) is 26.4. The van der Waals surface area contributed by atoms with Gasteiger partial charge in [0.15, 0.2) is 0 Å². The van der Waals surface area contributed by atoms with Gasteiger partial charge in [-0.05, 0) is 42.9 Å². The zero-order chi connectivity index (χ0) is 18.9. The second kappa shape index (κ2) is 9.72. The van der Waals surface area contributed by atoms with Crippen molar-refractivity contribution in [2.45, 2.75) is 31.7 Å². The zero-order valence-electron chi connectivity index (χ0n) is 15.5. The zero-order valence-corrected chi connectivity index (χ0v) is 15.5. The average Bonchev–Trinajstić information content (AvgIpc) is 3.19. The summed E-state index contributed by atoms with van der Waals surface area (Å²) in [6, 6.07) is 20.3. The van der Waals surface area contributed by atoms with Crippen LogP contribution in [0.2, 0.25) is 0 Å². The highest BCUT2D eigenvalue weighted by Gasteiger charge is 2.28. The Morgan fingerprint density at radius 1 is 1.04 bits per heavy atom. The molecular weight excluding hydrogens is 336 g/mol. The number of nitrogens with zero attached hydrogens (tertiary/aromatic N) is 1. The van der Waals surface area contributed by atoms with Gasteiger partial charge in [0.05, 0.1) is 6.54 Å². The van der Waals surface area contributed by atoms with Crippen LogP contribution in [0.3, 0.4) is 0 Å². The van der Waals surface area contributed by atoms with Crippen LogP contribution in [-0.2, 0) is 16.0 Å². The fraction of sp³-hybridized carbons (Fsp3) is 0.304. The summed E-state index contributed by atoms with van der Waals surface area (Å²) in [6.45, 7) is 0.841. The SMILES string of the molecule is O=C(/C=C/c1ccccc1)NCC(=O)N1CCCC1CCc1ccccc1. The Morgan fingerprint density at radius 3 is 2.48 bits per heavy atom. The predicted octanol–water partition coefficient (Wildman–Crippen LogP) is 3.44. The first-order valence-electron chi connectivity index (χ1n) is 9.57. The number of hydrogen-bond donors (Lipinski definition) is 1. The van der Waals surface area contributed by atoms with E-state index < -0.39 is 0 Å². The first kappa shape index (κ1) is 18.9. The first-order valence-corrected chi connectivity index (χ1v) is 9.57. The predicted molar refractivity (Wildman–Crippen MR) is 108 cm³/mol. The third-order valence-corrected chi connectivity index (χ3v) is 4.95. The summed E-state index contributed by atoms with van der Waals surface area (Å²) >= 11 is 0. The molecule has 1 atom stereocenters. The molecule has 0 bridgehead atoms. The summed E-state index contributed by atoms with van der Waals surface area (Å²) in [6.07, 6.45) is 7.24. The van der Waals surface area contributed by atoms with E-state index in [0.29, 0.717) is 0 Å². The van der Waals surface area contributed by atoms with Crippen molar-refractivity contribution in [1.82, 2.24) is 10.2 Å². The molecule has 1 heterocycles. The van der Waals surface area contributed by atoms with Crippen LogP contribution < -0.4 is 5.32 Å². The molecule has 1 saturated heterocycles. The number of aryl methyl sites for hydroxylation is 1. The van der Waals surface area contributed by atoms with Gasteiger partial charge in [0.1, 0.15) is 0 Å². The first-order chi connectivity index (χ1) is 13.2. The summed E-state index contributed by atoms with van der Waals surface area (Å²) in [7, 11) is 0. The van der Waals surface area contributed by atoms with Gasteiger partial charge in [0.25, 0.3) is 0 Å². The van der Waals surface area contributed by atoms with Crippen LogP contribution in [0.5, 0.6) is 0 Å². The van der Waals surface area contributed by atoms with Gasteiger partial charge in [0.2, 0.25) is 11.8 Å². The molecule has 1 fully saturated rings. The third kappa shape index (κ3) is 5.81. The van der Waals surface area contributed by atoms with E-state index in [1.165, 1.54) is 11.6 Å². The number of carbonyl (C=O) groups excluding carboxylic acids is 2. The van der Waals surface area contributed by atoms with E-state index in [9.17, 15) is 9.59 Å². The van der Waals surface area contributed by atoms with Crippen LogP contribution >= 0.6 is 0 Å². The van der Waals surface area contributed by atoms with Crippen molar-refractivity contribution in [3.63, 3.8) is 0 Å². The van der Waals surface area contributed by atoms with E-state index in [0.717, 1.165) is 37.8 Å². The largest absolute Gasteiger partial charge is 0.343 e. The lowest BCUT2D eigenvalue weighted by Crippen LogP contribution is -2.42. The van der Waals surface area contributed by atoms with Crippen LogP contribution in [0.4, 0.5) is 0 Å². The van der Waals surface area contributed by atoms with Gasteiger partial charge in [-0.1, -0.05) is 60.7 Å². The smallest absolute Gasteiger partial charge is 0.244 e. The lowest BCUT2D eigenvalue weighted by atomic mass is 10.0. The fourth-order valence-electron chi connectivity index (χ4n) is 3.50. The summed E-state index contributed by atoms with van der Waals surface area (Å²) < 4.78 is 0. The van der Waals surface area contributed by atoms with Crippen LogP contribution in [-0.4, -0.2) is 35.8 Å². The molecule has 1 N–H and O–H groups in total. The van der Waals surface area contributed by atoms with Gasteiger partial charge in [-0.2, -0.15) is 0 Å². The Bertz CT molecular complexity index is 771. The molecule has 140 valence electrons.